The molecule has 0 fully saturated rings. The highest BCUT2D eigenvalue weighted by Crippen LogP contribution is 2.28. The van der Waals surface area contributed by atoms with Crippen LogP contribution in [0.1, 0.15) is 16.7 Å². The van der Waals surface area contributed by atoms with Crippen molar-refractivity contribution in [1.29, 1.82) is 0 Å². The van der Waals surface area contributed by atoms with E-state index in [1.54, 1.807) is 7.11 Å². The van der Waals surface area contributed by atoms with E-state index < -0.39 is 0 Å². The third kappa shape index (κ3) is 4.63. The first kappa shape index (κ1) is 17.2. The summed E-state index contributed by atoms with van der Waals surface area (Å²) >= 11 is 0. The molecule has 2 aromatic carbocycles. The van der Waals surface area contributed by atoms with Crippen LogP contribution in [0, 0.1) is 13.8 Å². The van der Waals surface area contributed by atoms with E-state index in [2.05, 4.69) is 19.9 Å². The van der Waals surface area contributed by atoms with Crippen molar-refractivity contribution in [2.45, 2.75) is 20.3 Å². The van der Waals surface area contributed by atoms with Crippen LogP contribution in [0.2, 0.25) is 0 Å². The smallest absolute Gasteiger partial charge is 0.161 e. The molecular weight excluding hydrogens is 290 g/mol. The van der Waals surface area contributed by atoms with E-state index in [1.807, 2.05) is 30.3 Å². The van der Waals surface area contributed by atoms with Crippen molar-refractivity contribution in [2.75, 3.05) is 26.9 Å². The van der Waals surface area contributed by atoms with Crippen LogP contribution in [0.3, 0.4) is 0 Å². The highest BCUT2D eigenvalue weighted by molar-refractivity contribution is 5.43. The molecule has 2 rings (SSSR count). The van der Waals surface area contributed by atoms with Crippen molar-refractivity contribution in [3.63, 3.8) is 0 Å². The third-order valence-electron chi connectivity index (χ3n) is 3.81. The molecule has 0 aromatic heterocycles. The van der Waals surface area contributed by atoms with E-state index in [1.165, 1.54) is 5.56 Å². The molecule has 0 saturated heterocycles. The Bertz CT molecular complexity index is 641. The normalized spacial score (nSPS) is 10.4. The zero-order valence-electron chi connectivity index (χ0n) is 14.1. The molecule has 2 aromatic rings. The molecule has 0 aliphatic carbocycles. The summed E-state index contributed by atoms with van der Waals surface area (Å²) in [6, 6.07) is 11.9. The lowest BCUT2D eigenvalue weighted by molar-refractivity contribution is 0.210. The van der Waals surface area contributed by atoms with Crippen molar-refractivity contribution in [3.8, 4) is 17.2 Å². The molecule has 0 radical (unpaired) electrons. The first-order chi connectivity index (χ1) is 11.2. The van der Waals surface area contributed by atoms with Gasteiger partial charge in [0.25, 0.3) is 0 Å². The Morgan fingerprint density at radius 3 is 2.35 bits per heavy atom. The lowest BCUT2D eigenvalue weighted by Crippen LogP contribution is -2.11. The monoisotopic (exact) mass is 315 g/mol. The first-order valence-corrected chi connectivity index (χ1v) is 7.84. The highest BCUT2D eigenvalue weighted by Gasteiger charge is 2.06. The topological polar surface area (TPSA) is 53.7 Å². The van der Waals surface area contributed by atoms with E-state index in [4.69, 9.17) is 19.9 Å². The molecule has 23 heavy (non-hydrogen) atoms. The van der Waals surface area contributed by atoms with Crippen LogP contribution in [0.4, 0.5) is 0 Å². The van der Waals surface area contributed by atoms with Crippen LogP contribution in [0.15, 0.2) is 36.4 Å². The van der Waals surface area contributed by atoms with Crippen LogP contribution in [-0.4, -0.2) is 26.9 Å². The molecule has 0 aliphatic rings. The van der Waals surface area contributed by atoms with Gasteiger partial charge in [0.1, 0.15) is 19.0 Å². The van der Waals surface area contributed by atoms with Gasteiger partial charge in [-0.2, -0.15) is 0 Å². The van der Waals surface area contributed by atoms with Crippen LogP contribution < -0.4 is 19.9 Å². The maximum Gasteiger partial charge on any atom is 0.161 e. The molecule has 0 bridgehead atoms. The van der Waals surface area contributed by atoms with Crippen molar-refractivity contribution >= 4 is 0 Å². The molecule has 0 aliphatic heterocycles. The minimum atomic E-state index is 0.454. The van der Waals surface area contributed by atoms with Gasteiger partial charge in [0, 0.05) is 0 Å². The maximum absolute atomic E-state index is 5.82. The van der Waals surface area contributed by atoms with E-state index >= 15 is 0 Å². The molecular formula is C19H25NO3. The van der Waals surface area contributed by atoms with Gasteiger partial charge in [-0.1, -0.05) is 18.2 Å². The zero-order valence-corrected chi connectivity index (χ0v) is 14.1. The maximum atomic E-state index is 5.82. The van der Waals surface area contributed by atoms with E-state index in [9.17, 15) is 0 Å². The second kappa shape index (κ2) is 8.44. The van der Waals surface area contributed by atoms with Gasteiger partial charge in [-0.25, -0.2) is 0 Å². The largest absolute Gasteiger partial charge is 0.493 e. The molecule has 2 N–H and O–H groups in total. The van der Waals surface area contributed by atoms with E-state index in [0.29, 0.717) is 19.8 Å². The number of nitrogens with two attached hydrogens (primary N) is 1. The average molecular weight is 315 g/mol. The van der Waals surface area contributed by atoms with Gasteiger partial charge < -0.3 is 19.9 Å². The average Bonchev–Trinajstić information content (AvgIpc) is 2.56. The summed E-state index contributed by atoms with van der Waals surface area (Å²) in [5.74, 6) is 2.35. The Labute approximate surface area is 138 Å². The van der Waals surface area contributed by atoms with Crippen molar-refractivity contribution < 1.29 is 14.2 Å². The fraction of sp³-hybridized carbons (Fsp3) is 0.368. The van der Waals surface area contributed by atoms with E-state index in [0.717, 1.165) is 34.8 Å². The number of rotatable bonds is 8. The molecule has 0 saturated carbocycles. The van der Waals surface area contributed by atoms with Gasteiger partial charge in [-0.3, -0.25) is 0 Å². The molecule has 4 heteroatoms. The highest BCUT2D eigenvalue weighted by atomic mass is 16.5. The molecule has 124 valence electrons. The Balaban J connectivity index is 1.93. The van der Waals surface area contributed by atoms with Crippen LogP contribution in [-0.2, 0) is 6.42 Å². The van der Waals surface area contributed by atoms with Gasteiger partial charge in [0.15, 0.2) is 11.5 Å². The molecule has 0 heterocycles. The number of hydrogen-bond acceptors (Lipinski definition) is 4. The zero-order chi connectivity index (χ0) is 16.7. The SMILES string of the molecule is COc1ccc(CCN)cc1OCCOc1cccc(C)c1C. The number of hydrogen-bond donors (Lipinski definition) is 1. The Hall–Kier alpha value is -2.20. The van der Waals surface area contributed by atoms with Crippen LogP contribution in [0.5, 0.6) is 17.2 Å². The number of ether oxygens (including phenoxy) is 3. The molecule has 0 atom stereocenters. The minimum absolute atomic E-state index is 0.454. The third-order valence-corrected chi connectivity index (χ3v) is 3.81. The summed E-state index contributed by atoms with van der Waals surface area (Å²) in [5, 5.41) is 0. The summed E-state index contributed by atoms with van der Waals surface area (Å²) in [6.45, 7) is 5.68. The first-order valence-electron chi connectivity index (χ1n) is 7.84. The van der Waals surface area contributed by atoms with Gasteiger partial charge in [0.2, 0.25) is 0 Å². The molecule has 0 unspecified atom stereocenters. The van der Waals surface area contributed by atoms with E-state index in [-0.39, 0.29) is 0 Å². The predicted octanol–water partition coefficient (Wildman–Crippen LogP) is 3.27. The number of aryl methyl sites for hydroxylation is 1. The van der Waals surface area contributed by atoms with Crippen molar-refractivity contribution in [1.82, 2.24) is 0 Å². The quantitative estimate of drug-likeness (QED) is 0.760. The Morgan fingerprint density at radius 1 is 0.913 bits per heavy atom. The lowest BCUT2D eigenvalue weighted by atomic mass is 10.1. The fourth-order valence-electron chi connectivity index (χ4n) is 2.34. The molecule has 0 spiro atoms. The summed E-state index contributed by atoms with van der Waals surface area (Å²) in [4.78, 5) is 0. The predicted molar refractivity (Wildman–Crippen MR) is 92.7 cm³/mol. The summed E-state index contributed by atoms with van der Waals surface area (Å²) in [7, 11) is 1.64. The fourth-order valence-corrected chi connectivity index (χ4v) is 2.34. The van der Waals surface area contributed by atoms with Gasteiger partial charge in [-0.15, -0.1) is 0 Å². The van der Waals surface area contributed by atoms with Crippen molar-refractivity contribution in [2.24, 2.45) is 5.73 Å². The van der Waals surface area contributed by atoms with Crippen LogP contribution >= 0.6 is 0 Å². The van der Waals surface area contributed by atoms with Gasteiger partial charge >= 0.3 is 0 Å². The second-order valence-corrected chi connectivity index (χ2v) is 5.42. The number of benzene rings is 2. The second-order valence-electron chi connectivity index (χ2n) is 5.42. The molecule has 4 nitrogen and oxygen atoms in total. The number of methoxy groups -OCH3 is 1. The minimum Gasteiger partial charge on any atom is -0.493 e. The Morgan fingerprint density at radius 2 is 1.65 bits per heavy atom. The summed E-state index contributed by atoms with van der Waals surface area (Å²) in [5.41, 5.74) is 9.12. The van der Waals surface area contributed by atoms with Crippen LogP contribution in [0.25, 0.3) is 0 Å². The molecule has 0 amide bonds. The van der Waals surface area contributed by atoms with Gasteiger partial charge in [0.05, 0.1) is 7.11 Å². The Kier molecular flexibility index (Phi) is 6.29. The standard InChI is InChI=1S/C19H25NO3/c1-14-5-4-6-17(15(14)2)22-11-12-23-19-13-16(9-10-20)7-8-18(19)21-3/h4-8,13H,9-12,20H2,1-3H3. The lowest BCUT2D eigenvalue weighted by Gasteiger charge is -2.14. The van der Waals surface area contributed by atoms with Crippen molar-refractivity contribution in [3.05, 3.63) is 53.1 Å². The summed E-state index contributed by atoms with van der Waals surface area (Å²) < 4.78 is 17.0. The van der Waals surface area contributed by atoms with Gasteiger partial charge in [-0.05, 0) is 61.7 Å². The summed E-state index contributed by atoms with van der Waals surface area (Å²) in [6.07, 6.45) is 0.819.